The highest BCUT2D eigenvalue weighted by atomic mass is 16.2. The van der Waals surface area contributed by atoms with Gasteiger partial charge in [-0.15, -0.1) is 0 Å². The fraction of sp³-hybridized carbons (Fsp3) is 0.500. The number of primary amides is 1. The maximum Gasteiger partial charge on any atom is 0.272 e. The van der Waals surface area contributed by atoms with Crippen molar-refractivity contribution in [1.82, 2.24) is 9.88 Å². The fourth-order valence-electron chi connectivity index (χ4n) is 2.55. The van der Waals surface area contributed by atoms with Crippen molar-refractivity contribution < 1.29 is 9.59 Å². The van der Waals surface area contributed by atoms with Gasteiger partial charge in [0.2, 0.25) is 5.91 Å². The summed E-state index contributed by atoms with van der Waals surface area (Å²) < 4.78 is 0. The van der Waals surface area contributed by atoms with E-state index in [1.54, 1.807) is 6.07 Å². The van der Waals surface area contributed by atoms with Gasteiger partial charge in [0.1, 0.15) is 5.69 Å². The summed E-state index contributed by atoms with van der Waals surface area (Å²) in [7, 11) is 0. The topological polar surface area (TPSA) is 102 Å². The van der Waals surface area contributed by atoms with Gasteiger partial charge in [-0.2, -0.15) is 0 Å². The molecule has 108 valence electrons. The third-order valence-corrected chi connectivity index (χ3v) is 3.65. The molecule has 1 atom stereocenters. The van der Waals surface area contributed by atoms with Gasteiger partial charge in [-0.3, -0.25) is 14.6 Å². The molecule has 0 saturated carbocycles. The monoisotopic (exact) mass is 276 g/mol. The molecule has 0 aromatic carbocycles. The summed E-state index contributed by atoms with van der Waals surface area (Å²) in [4.78, 5) is 29.2. The summed E-state index contributed by atoms with van der Waals surface area (Å²) in [5.74, 6) is -0.164. The SMILES string of the molecule is NCCC1CCCN(C(=O)c2ccc(C(N)=O)cn2)C1. The minimum Gasteiger partial charge on any atom is -0.366 e. The van der Waals surface area contributed by atoms with E-state index in [2.05, 4.69) is 4.98 Å². The van der Waals surface area contributed by atoms with Crippen molar-refractivity contribution in [3.8, 4) is 0 Å². The number of likely N-dealkylation sites (tertiary alicyclic amines) is 1. The van der Waals surface area contributed by atoms with Crippen LogP contribution in [0, 0.1) is 5.92 Å². The van der Waals surface area contributed by atoms with E-state index >= 15 is 0 Å². The fourth-order valence-corrected chi connectivity index (χ4v) is 2.55. The van der Waals surface area contributed by atoms with Crippen molar-refractivity contribution in [1.29, 1.82) is 0 Å². The standard InChI is InChI=1S/C14H20N4O2/c15-6-5-10-2-1-7-18(9-10)14(20)12-4-3-11(8-17-12)13(16)19/h3-4,8,10H,1-2,5-7,9,15H2,(H2,16,19). The number of pyridine rings is 1. The first-order valence-electron chi connectivity index (χ1n) is 6.87. The lowest BCUT2D eigenvalue weighted by atomic mass is 9.94. The van der Waals surface area contributed by atoms with Crippen LogP contribution < -0.4 is 11.5 Å². The van der Waals surface area contributed by atoms with Gasteiger partial charge in [0.15, 0.2) is 0 Å². The second-order valence-electron chi connectivity index (χ2n) is 5.13. The van der Waals surface area contributed by atoms with E-state index in [4.69, 9.17) is 11.5 Å². The van der Waals surface area contributed by atoms with E-state index in [0.29, 0.717) is 23.7 Å². The molecular weight excluding hydrogens is 256 g/mol. The number of piperidine rings is 1. The summed E-state index contributed by atoms with van der Waals surface area (Å²) in [6, 6.07) is 3.08. The predicted octanol–water partition coefficient (Wildman–Crippen LogP) is 0.382. The maximum absolute atomic E-state index is 12.3. The van der Waals surface area contributed by atoms with Crippen LogP contribution in [0.15, 0.2) is 18.3 Å². The van der Waals surface area contributed by atoms with Crippen LogP contribution in [0.5, 0.6) is 0 Å². The zero-order valence-electron chi connectivity index (χ0n) is 11.4. The van der Waals surface area contributed by atoms with Crippen molar-refractivity contribution in [2.75, 3.05) is 19.6 Å². The number of carbonyl (C=O) groups is 2. The van der Waals surface area contributed by atoms with Crippen LogP contribution >= 0.6 is 0 Å². The molecule has 2 heterocycles. The van der Waals surface area contributed by atoms with Crippen LogP contribution in [-0.2, 0) is 0 Å². The number of hydrogen-bond acceptors (Lipinski definition) is 4. The molecule has 1 aromatic heterocycles. The molecule has 1 aliphatic rings. The molecule has 6 heteroatoms. The third kappa shape index (κ3) is 3.33. The van der Waals surface area contributed by atoms with Crippen LogP contribution in [0.3, 0.4) is 0 Å². The van der Waals surface area contributed by atoms with Gasteiger partial charge in [0.05, 0.1) is 5.56 Å². The van der Waals surface area contributed by atoms with Gasteiger partial charge in [0, 0.05) is 19.3 Å². The quantitative estimate of drug-likeness (QED) is 0.830. The van der Waals surface area contributed by atoms with Gasteiger partial charge in [-0.05, 0) is 43.9 Å². The Labute approximate surface area is 118 Å². The molecule has 0 aliphatic carbocycles. The van der Waals surface area contributed by atoms with Crippen molar-refractivity contribution in [2.24, 2.45) is 17.4 Å². The number of nitrogens with two attached hydrogens (primary N) is 2. The van der Waals surface area contributed by atoms with Crippen LogP contribution in [0.2, 0.25) is 0 Å². The Bertz CT molecular complexity index is 484. The van der Waals surface area contributed by atoms with Crippen LogP contribution in [0.25, 0.3) is 0 Å². The summed E-state index contributed by atoms with van der Waals surface area (Å²) in [5, 5.41) is 0. The smallest absolute Gasteiger partial charge is 0.272 e. The molecule has 2 amide bonds. The molecule has 1 aliphatic heterocycles. The molecule has 1 saturated heterocycles. The second kappa shape index (κ2) is 6.47. The Morgan fingerprint density at radius 2 is 2.20 bits per heavy atom. The molecule has 0 bridgehead atoms. The van der Waals surface area contributed by atoms with E-state index in [1.807, 2.05) is 4.90 Å². The molecule has 2 rings (SSSR count). The zero-order chi connectivity index (χ0) is 14.5. The average molecular weight is 276 g/mol. The molecule has 6 nitrogen and oxygen atoms in total. The van der Waals surface area contributed by atoms with E-state index in [9.17, 15) is 9.59 Å². The number of hydrogen-bond donors (Lipinski definition) is 2. The normalized spacial score (nSPS) is 18.9. The van der Waals surface area contributed by atoms with E-state index in [0.717, 1.165) is 32.4 Å². The molecule has 20 heavy (non-hydrogen) atoms. The molecule has 4 N–H and O–H groups in total. The highest BCUT2D eigenvalue weighted by molar-refractivity contribution is 5.95. The number of carbonyl (C=O) groups excluding carboxylic acids is 2. The summed E-state index contributed by atoms with van der Waals surface area (Å²) in [6.45, 7) is 2.13. The molecule has 0 radical (unpaired) electrons. The van der Waals surface area contributed by atoms with Crippen LogP contribution in [0.4, 0.5) is 0 Å². The number of amides is 2. The Morgan fingerprint density at radius 3 is 2.80 bits per heavy atom. The summed E-state index contributed by atoms with van der Waals surface area (Å²) >= 11 is 0. The molecule has 1 fully saturated rings. The highest BCUT2D eigenvalue weighted by Crippen LogP contribution is 2.20. The zero-order valence-corrected chi connectivity index (χ0v) is 11.4. The Morgan fingerprint density at radius 1 is 1.40 bits per heavy atom. The Kier molecular flexibility index (Phi) is 4.68. The second-order valence-corrected chi connectivity index (χ2v) is 5.13. The van der Waals surface area contributed by atoms with Crippen molar-refractivity contribution in [2.45, 2.75) is 19.3 Å². The van der Waals surface area contributed by atoms with Gasteiger partial charge >= 0.3 is 0 Å². The molecule has 0 spiro atoms. The number of rotatable bonds is 4. The largest absolute Gasteiger partial charge is 0.366 e. The highest BCUT2D eigenvalue weighted by Gasteiger charge is 2.24. The van der Waals surface area contributed by atoms with E-state index in [1.165, 1.54) is 12.3 Å². The first-order valence-corrected chi connectivity index (χ1v) is 6.87. The van der Waals surface area contributed by atoms with Crippen molar-refractivity contribution in [3.05, 3.63) is 29.6 Å². The van der Waals surface area contributed by atoms with E-state index < -0.39 is 5.91 Å². The Balaban J connectivity index is 2.04. The third-order valence-electron chi connectivity index (χ3n) is 3.65. The minimum atomic E-state index is -0.544. The van der Waals surface area contributed by atoms with E-state index in [-0.39, 0.29) is 5.91 Å². The minimum absolute atomic E-state index is 0.0947. The first kappa shape index (κ1) is 14.5. The first-order chi connectivity index (χ1) is 9.61. The van der Waals surface area contributed by atoms with Gasteiger partial charge in [-0.1, -0.05) is 0 Å². The molecule has 1 aromatic rings. The summed E-state index contributed by atoms with van der Waals surface area (Å²) in [5.41, 5.74) is 11.4. The maximum atomic E-state index is 12.3. The molecule has 1 unspecified atom stereocenters. The summed E-state index contributed by atoms with van der Waals surface area (Å²) in [6.07, 6.45) is 4.40. The van der Waals surface area contributed by atoms with Gasteiger partial charge < -0.3 is 16.4 Å². The van der Waals surface area contributed by atoms with Crippen molar-refractivity contribution >= 4 is 11.8 Å². The van der Waals surface area contributed by atoms with Crippen LogP contribution in [0.1, 0.15) is 40.1 Å². The average Bonchev–Trinajstić information content (AvgIpc) is 2.47. The van der Waals surface area contributed by atoms with Gasteiger partial charge in [-0.25, -0.2) is 0 Å². The number of aromatic nitrogens is 1. The lowest BCUT2D eigenvalue weighted by Crippen LogP contribution is -2.40. The lowest BCUT2D eigenvalue weighted by molar-refractivity contribution is 0.0663. The predicted molar refractivity (Wildman–Crippen MR) is 75.1 cm³/mol. The number of nitrogens with zero attached hydrogens (tertiary/aromatic N) is 2. The Hall–Kier alpha value is -1.95. The van der Waals surface area contributed by atoms with Gasteiger partial charge in [0.25, 0.3) is 5.91 Å². The van der Waals surface area contributed by atoms with Crippen LogP contribution in [-0.4, -0.2) is 41.3 Å². The molecular formula is C14H20N4O2. The lowest BCUT2D eigenvalue weighted by Gasteiger charge is -2.32. The van der Waals surface area contributed by atoms with Crippen molar-refractivity contribution in [3.63, 3.8) is 0 Å².